The third kappa shape index (κ3) is 3.72. The molecular formula is C17H24N4O. The van der Waals surface area contributed by atoms with Crippen molar-refractivity contribution < 1.29 is 4.74 Å². The van der Waals surface area contributed by atoms with Crippen LogP contribution in [0.3, 0.4) is 0 Å². The van der Waals surface area contributed by atoms with Crippen LogP contribution >= 0.6 is 0 Å². The first-order valence-electron chi connectivity index (χ1n) is 8.10. The SMILES string of the molecule is CCn1nncc1CN(CCc1ccccc1)[C@H]1CCOC1. The molecule has 2 aromatic rings. The van der Waals surface area contributed by atoms with Crippen molar-refractivity contribution >= 4 is 0 Å². The van der Waals surface area contributed by atoms with E-state index < -0.39 is 0 Å². The average molecular weight is 300 g/mol. The molecule has 5 nitrogen and oxygen atoms in total. The second kappa shape index (κ2) is 7.51. The molecule has 0 unspecified atom stereocenters. The van der Waals surface area contributed by atoms with E-state index in [-0.39, 0.29) is 0 Å². The lowest BCUT2D eigenvalue weighted by Crippen LogP contribution is -2.37. The van der Waals surface area contributed by atoms with E-state index >= 15 is 0 Å². The minimum atomic E-state index is 0.504. The van der Waals surface area contributed by atoms with E-state index in [0.717, 1.165) is 45.7 Å². The van der Waals surface area contributed by atoms with Crippen LogP contribution in [0, 0.1) is 0 Å². The molecule has 0 radical (unpaired) electrons. The first-order chi connectivity index (χ1) is 10.9. The minimum Gasteiger partial charge on any atom is -0.380 e. The molecule has 1 saturated heterocycles. The van der Waals surface area contributed by atoms with Gasteiger partial charge in [-0.3, -0.25) is 4.90 Å². The van der Waals surface area contributed by atoms with Gasteiger partial charge in [0.05, 0.1) is 18.5 Å². The van der Waals surface area contributed by atoms with Gasteiger partial charge in [0.2, 0.25) is 0 Å². The first kappa shape index (κ1) is 15.2. The van der Waals surface area contributed by atoms with Gasteiger partial charge in [-0.05, 0) is 25.3 Å². The molecule has 0 N–H and O–H groups in total. The summed E-state index contributed by atoms with van der Waals surface area (Å²) in [4.78, 5) is 2.52. The molecule has 0 bridgehead atoms. The lowest BCUT2D eigenvalue weighted by molar-refractivity contribution is 0.137. The fourth-order valence-electron chi connectivity index (χ4n) is 2.99. The average Bonchev–Trinajstić information content (AvgIpc) is 3.23. The highest BCUT2D eigenvalue weighted by atomic mass is 16.5. The van der Waals surface area contributed by atoms with E-state index in [1.807, 2.05) is 10.9 Å². The van der Waals surface area contributed by atoms with Crippen molar-refractivity contribution in [3.8, 4) is 0 Å². The van der Waals surface area contributed by atoms with Gasteiger partial charge in [0.25, 0.3) is 0 Å². The lowest BCUT2D eigenvalue weighted by Gasteiger charge is -2.27. The predicted octanol–water partition coefficient (Wildman–Crippen LogP) is 2.13. The largest absolute Gasteiger partial charge is 0.380 e. The van der Waals surface area contributed by atoms with E-state index in [1.165, 1.54) is 11.3 Å². The second-order valence-electron chi connectivity index (χ2n) is 5.76. The number of hydrogen-bond donors (Lipinski definition) is 0. The van der Waals surface area contributed by atoms with Crippen molar-refractivity contribution in [3.05, 3.63) is 47.8 Å². The summed E-state index contributed by atoms with van der Waals surface area (Å²) in [6.07, 6.45) is 4.06. The minimum absolute atomic E-state index is 0.504. The van der Waals surface area contributed by atoms with Crippen molar-refractivity contribution in [1.29, 1.82) is 0 Å². The van der Waals surface area contributed by atoms with Crippen LogP contribution in [0.2, 0.25) is 0 Å². The van der Waals surface area contributed by atoms with E-state index in [4.69, 9.17) is 4.74 Å². The molecule has 0 amide bonds. The Bertz CT molecular complexity index is 563. The molecule has 2 heterocycles. The van der Waals surface area contributed by atoms with Crippen molar-refractivity contribution in [1.82, 2.24) is 19.9 Å². The van der Waals surface area contributed by atoms with Crippen LogP contribution in [0.25, 0.3) is 0 Å². The van der Waals surface area contributed by atoms with Gasteiger partial charge in [0, 0.05) is 32.3 Å². The van der Waals surface area contributed by atoms with E-state index in [0.29, 0.717) is 6.04 Å². The number of nitrogens with zero attached hydrogens (tertiary/aromatic N) is 4. The van der Waals surface area contributed by atoms with E-state index in [1.54, 1.807) is 0 Å². The summed E-state index contributed by atoms with van der Waals surface area (Å²) in [6.45, 7) is 6.60. The smallest absolute Gasteiger partial charge is 0.0738 e. The van der Waals surface area contributed by atoms with Gasteiger partial charge in [-0.1, -0.05) is 35.5 Å². The molecule has 0 aliphatic carbocycles. The maximum Gasteiger partial charge on any atom is 0.0738 e. The third-order valence-corrected chi connectivity index (χ3v) is 4.32. The number of aryl methyl sites for hydroxylation is 1. The normalized spacial score (nSPS) is 18.2. The predicted molar refractivity (Wildman–Crippen MR) is 85.5 cm³/mol. The summed E-state index contributed by atoms with van der Waals surface area (Å²) < 4.78 is 7.56. The maximum absolute atomic E-state index is 5.59. The summed E-state index contributed by atoms with van der Waals surface area (Å²) >= 11 is 0. The molecule has 1 aliphatic rings. The topological polar surface area (TPSA) is 43.2 Å². The summed E-state index contributed by atoms with van der Waals surface area (Å²) in [5.41, 5.74) is 2.57. The molecule has 1 fully saturated rings. The van der Waals surface area contributed by atoms with Gasteiger partial charge in [0.1, 0.15) is 0 Å². The van der Waals surface area contributed by atoms with Gasteiger partial charge >= 0.3 is 0 Å². The van der Waals surface area contributed by atoms with Crippen molar-refractivity contribution in [2.75, 3.05) is 19.8 Å². The third-order valence-electron chi connectivity index (χ3n) is 4.32. The Kier molecular flexibility index (Phi) is 5.19. The number of benzene rings is 1. The monoisotopic (exact) mass is 300 g/mol. The van der Waals surface area contributed by atoms with Crippen LogP contribution in [0.5, 0.6) is 0 Å². The highest BCUT2D eigenvalue weighted by Gasteiger charge is 2.24. The Balaban J connectivity index is 1.67. The molecule has 118 valence electrons. The van der Waals surface area contributed by atoms with Gasteiger partial charge < -0.3 is 4.74 Å². The van der Waals surface area contributed by atoms with Crippen LogP contribution in [-0.4, -0.2) is 45.7 Å². The van der Waals surface area contributed by atoms with Crippen LogP contribution in [-0.2, 0) is 24.2 Å². The zero-order chi connectivity index (χ0) is 15.2. The van der Waals surface area contributed by atoms with Gasteiger partial charge in [-0.2, -0.15) is 0 Å². The van der Waals surface area contributed by atoms with Gasteiger partial charge in [0.15, 0.2) is 0 Å². The quantitative estimate of drug-likeness (QED) is 0.786. The number of aromatic nitrogens is 3. The molecule has 1 aliphatic heterocycles. The molecule has 0 saturated carbocycles. The number of rotatable bonds is 7. The maximum atomic E-state index is 5.59. The number of ether oxygens (including phenoxy) is 1. The molecule has 1 atom stereocenters. The Morgan fingerprint density at radius 2 is 2.18 bits per heavy atom. The van der Waals surface area contributed by atoms with Crippen LogP contribution in [0.15, 0.2) is 36.5 Å². The summed E-state index contributed by atoms with van der Waals surface area (Å²) in [7, 11) is 0. The van der Waals surface area contributed by atoms with Gasteiger partial charge in [-0.25, -0.2) is 4.68 Å². The fourth-order valence-corrected chi connectivity index (χ4v) is 2.99. The zero-order valence-electron chi connectivity index (χ0n) is 13.2. The van der Waals surface area contributed by atoms with E-state index in [9.17, 15) is 0 Å². The fraction of sp³-hybridized carbons (Fsp3) is 0.529. The second-order valence-corrected chi connectivity index (χ2v) is 5.76. The molecule has 5 heteroatoms. The molecule has 0 spiro atoms. The van der Waals surface area contributed by atoms with Gasteiger partial charge in [-0.15, -0.1) is 5.10 Å². The van der Waals surface area contributed by atoms with E-state index in [2.05, 4.69) is 52.5 Å². The summed E-state index contributed by atoms with van der Waals surface area (Å²) in [5, 5.41) is 8.19. The Labute approximate surface area is 131 Å². The standard InChI is InChI=1S/C17H24N4O/c1-2-21-17(12-18-19-21)13-20(16-9-11-22-14-16)10-8-15-6-4-3-5-7-15/h3-7,12,16H,2,8-11,13-14H2,1H3/t16-/m0/s1. The number of hydrogen-bond acceptors (Lipinski definition) is 4. The highest BCUT2D eigenvalue weighted by Crippen LogP contribution is 2.16. The van der Waals surface area contributed by atoms with Crippen LogP contribution in [0.4, 0.5) is 0 Å². The Hall–Kier alpha value is -1.72. The zero-order valence-corrected chi connectivity index (χ0v) is 13.2. The molecular weight excluding hydrogens is 276 g/mol. The van der Waals surface area contributed by atoms with Crippen molar-refractivity contribution in [2.24, 2.45) is 0 Å². The first-order valence-corrected chi connectivity index (χ1v) is 8.10. The highest BCUT2D eigenvalue weighted by molar-refractivity contribution is 5.15. The Morgan fingerprint density at radius 3 is 2.91 bits per heavy atom. The molecule has 1 aromatic carbocycles. The Morgan fingerprint density at radius 1 is 1.32 bits per heavy atom. The molecule has 1 aromatic heterocycles. The van der Waals surface area contributed by atoms with Crippen LogP contribution in [0.1, 0.15) is 24.6 Å². The molecule has 22 heavy (non-hydrogen) atoms. The lowest BCUT2D eigenvalue weighted by atomic mass is 10.1. The summed E-state index contributed by atoms with van der Waals surface area (Å²) in [6, 6.07) is 11.2. The van der Waals surface area contributed by atoms with Crippen molar-refractivity contribution in [3.63, 3.8) is 0 Å². The van der Waals surface area contributed by atoms with Crippen molar-refractivity contribution in [2.45, 2.75) is 38.9 Å². The summed E-state index contributed by atoms with van der Waals surface area (Å²) in [5.74, 6) is 0. The van der Waals surface area contributed by atoms with Crippen LogP contribution < -0.4 is 0 Å². The molecule has 3 rings (SSSR count).